The highest BCUT2D eigenvalue weighted by Gasteiger charge is 2.29. The summed E-state index contributed by atoms with van der Waals surface area (Å²) in [7, 11) is -2.28. The summed E-state index contributed by atoms with van der Waals surface area (Å²) in [4.78, 5) is 24.6. The molecule has 156 valence electrons. The van der Waals surface area contributed by atoms with Gasteiger partial charge in [-0.2, -0.15) is 4.31 Å². The van der Waals surface area contributed by atoms with Crippen LogP contribution in [0, 0.1) is 11.8 Å². The minimum atomic E-state index is -3.56. The standard InChI is InChI=1S/C20H30N2O5S/c1-5-15(3)18(20(24)27-4)21-19(23)16-6-8-17(9-7-16)28(25,26)22-12-10-14(2)11-13-22/h6-9,14-15,18H,5,10-13H2,1-4H3,(H,21,23). The molecule has 8 heteroatoms. The van der Waals surface area contributed by atoms with Crippen LogP contribution in [0.25, 0.3) is 0 Å². The lowest BCUT2D eigenvalue weighted by molar-refractivity contribution is -0.144. The molecule has 1 aromatic rings. The highest BCUT2D eigenvalue weighted by molar-refractivity contribution is 7.89. The first-order valence-corrected chi connectivity index (χ1v) is 11.1. The van der Waals surface area contributed by atoms with Crippen molar-refractivity contribution in [3.05, 3.63) is 29.8 Å². The number of nitrogens with one attached hydrogen (secondary N) is 1. The van der Waals surface area contributed by atoms with Crippen molar-refractivity contribution in [3.8, 4) is 0 Å². The molecule has 1 aliphatic rings. The maximum absolute atomic E-state index is 12.8. The molecule has 1 aromatic carbocycles. The van der Waals surface area contributed by atoms with Crippen molar-refractivity contribution in [1.82, 2.24) is 9.62 Å². The largest absolute Gasteiger partial charge is 0.467 e. The minimum Gasteiger partial charge on any atom is -0.467 e. The van der Waals surface area contributed by atoms with E-state index < -0.39 is 27.9 Å². The molecule has 0 radical (unpaired) electrons. The summed E-state index contributed by atoms with van der Waals surface area (Å²) in [6, 6.07) is 5.08. The summed E-state index contributed by atoms with van der Waals surface area (Å²) in [5.41, 5.74) is 0.295. The molecule has 1 aliphatic heterocycles. The predicted octanol–water partition coefficient (Wildman–Crippen LogP) is 2.42. The first kappa shape index (κ1) is 22.4. The molecule has 2 unspecified atom stereocenters. The van der Waals surface area contributed by atoms with E-state index in [2.05, 4.69) is 12.2 Å². The van der Waals surface area contributed by atoms with Gasteiger partial charge in [0.15, 0.2) is 0 Å². The summed E-state index contributed by atoms with van der Waals surface area (Å²) in [6.07, 6.45) is 2.40. The lowest BCUT2D eigenvalue weighted by atomic mass is 9.99. The van der Waals surface area contributed by atoms with Gasteiger partial charge in [-0.05, 0) is 48.9 Å². The number of nitrogens with zero attached hydrogens (tertiary/aromatic N) is 1. The number of hydrogen-bond donors (Lipinski definition) is 1. The van der Waals surface area contributed by atoms with E-state index in [1.165, 1.54) is 35.7 Å². The number of ether oxygens (including phenoxy) is 1. The Bertz CT molecular complexity index is 783. The zero-order valence-corrected chi connectivity index (χ0v) is 17.8. The summed E-state index contributed by atoms with van der Waals surface area (Å²) in [5, 5.41) is 2.69. The summed E-state index contributed by atoms with van der Waals surface area (Å²) in [6.45, 7) is 6.94. The van der Waals surface area contributed by atoms with Gasteiger partial charge >= 0.3 is 5.97 Å². The second-order valence-corrected chi connectivity index (χ2v) is 9.41. The molecule has 1 amide bonds. The van der Waals surface area contributed by atoms with Crippen molar-refractivity contribution in [1.29, 1.82) is 0 Å². The van der Waals surface area contributed by atoms with E-state index in [1.807, 2.05) is 13.8 Å². The fourth-order valence-corrected chi connectivity index (χ4v) is 4.64. The minimum absolute atomic E-state index is 0.0856. The molecule has 7 nitrogen and oxygen atoms in total. The number of esters is 1. The van der Waals surface area contributed by atoms with Crippen LogP contribution in [0.1, 0.15) is 50.4 Å². The number of sulfonamides is 1. The molecular formula is C20H30N2O5S. The Labute approximate surface area is 167 Å². The highest BCUT2D eigenvalue weighted by Crippen LogP contribution is 2.23. The topological polar surface area (TPSA) is 92.8 Å². The number of methoxy groups -OCH3 is 1. The average molecular weight is 411 g/mol. The Hall–Kier alpha value is -1.93. The summed E-state index contributed by atoms with van der Waals surface area (Å²) >= 11 is 0. The van der Waals surface area contributed by atoms with Crippen LogP contribution in [-0.2, 0) is 19.6 Å². The number of carbonyl (C=O) groups excluding carboxylic acids is 2. The van der Waals surface area contributed by atoms with Crippen LogP contribution in [0.3, 0.4) is 0 Å². The van der Waals surface area contributed by atoms with E-state index in [0.717, 1.165) is 12.8 Å². The number of piperidine rings is 1. The zero-order chi connectivity index (χ0) is 20.9. The molecule has 0 spiro atoms. The summed E-state index contributed by atoms with van der Waals surface area (Å²) < 4.78 is 31.8. The van der Waals surface area contributed by atoms with Crippen LogP contribution in [-0.4, -0.2) is 50.8 Å². The molecular weight excluding hydrogens is 380 g/mol. The SMILES string of the molecule is CCC(C)C(NC(=O)c1ccc(S(=O)(=O)N2CCC(C)CC2)cc1)C(=O)OC. The molecule has 0 aliphatic carbocycles. The molecule has 2 atom stereocenters. The van der Waals surface area contributed by atoms with Gasteiger partial charge in [-0.25, -0.2) is 13.2 Å². The molecule has 1 saturated heterocycles. The van der Waals surface area contributed by atoms with Gasteiger partial charge in [0.25, 0.3) is 5.91 Å². The van der Waals surface area contributed by atoms with Crippen LogP contribution in [0.5, 0.6) is 0 Å². The van der Waals surface area contributed by atoms with E-state index in [4.69, 9.17) is 4.74 Å². The first-order valence-electron chi connectivity index (χ1n) is 9.69. The Morgan fingerprint density at radius 3 is 2.29 bits per heavy atom. The third kappa shape index (κ3) is 5.11. The molecule has 0 saturated carbocycles. The van der Waals surface area contributed by atoms with E-state index in [-0.39, 0.29) is 10.8 Å². The van der Waals surface area contributed by atoms with Gasteiger partial charge in [-0.15, -0.1) is 0 Å². The number of hydrogen-bond acceptors (Lipinski definition) is 5. The molecule has 2 rings (SSSR count). The normalized spacial score (nSPS) is 18.3. The van der Waals surface area contributed by atoms with Crippen LogP contribution < -0.4 is 5.32 Å². The lowest BCUT2D eigenvalue weighted by Gasteiger charge is -2.29. The van der Waals surface area contributed by atoms with Gasteiger partial charge in [0.2, 0.25) is 10.0 Å². The molecule has 1 N–H and O–H groups in total. The molecule has 28 heavy (non-hydrogen) atoms. The smallest absolute Gasteiger partial charge is 0.328 e. The van der Waals surface area contributed by atoms with Gasteiger partial charge < -0.3 is 10.1 Å². The number of benzene rings is 1. The van der Waals surface area contributed by atoms with Crippen LogP contribution in [0.4, 0.5) is 0 Å². The van der Waals surface area contributed by atoms with E-state index in [1.54, 1.807) is 0 Å². The van der Waals surface area contributed by atoms with Crippen molar-refractivity contribution >= 4 is 21.9 Å². The van der Waals surface area contributed by atoms with E-state index in [0.29, 0.717) is 31.0 Å². The highest BCUT2D eigenvalue weighted by atomic mass is 32.2. The second kappa shape index (κ2) is 9.52. The predicted molar refractivity (Wildman–Crippen MR) is 106 cm³/mol. The molecule has 0 bridgehead atoms. The maximum Gasteiger partial charge on any atom is 0.328 e. The van der Waals surface area contributed by atoms with E-state index >= 15 is 0 Å². The fourth-order valence-electron chi connectivity index (χ4n) is 3.17. The van der Waals surface area contributed by atoms with Crippen molar-refractivity contribution in [2.24, 2.45) is 11.8 Å². The Morgan fingerprint density at radius 2 is 1.79 bits per heavy atom. The number of amides is 1. The van der Waals surface area contributed by atoms with Gasteiger partial charge in [-0.1, -0.05) is 27.2 Å². The van der Waals surface area contributed by atoms with E-state index in [9.17, 15) is 18.0 Å². The third-order valence-electron chi connectivity index (χ3n) is 5.45. The second-order valence-electron chi connectivity index (χ2n) is 7.47. The summed E-state index contributed by atoms with van der Waals surface area (Å²) in [5.74, 6) is -0.490. The van der Waals surface area contributed by atoms with Crippen molar-refractivity contribution in [2.45, 2.75) is 51.0 Å². The third-order valence-corrected chi connectivity index (χ3v) is 7.36. The van der Waals surface area contributed by atoms with Crippen molar-refractivity contribution < 1.29 is 22.7 Å². The van der Waals surface area contributed by atoms with Crippen LogP contribution in [0.15, 0.2) is 29.2 Å². The first-order chi connectivity index (χ1) is 13.2. The Morgan fingerprint density at radius 1 is 1.21 bits per heavy atom. The molecule has 1 heterocycles. The quantitative estimate of drug-likeness (QED) is 0.697. The van der Waals surface area contributed by atoms with Gasteiger partial charge in [-0.3, -0.25) is 4.79 Å². The Kier molecular flexibility index (Phi) is 7.60. The van der Waals surface area contributed by atoms with Gasteiger partial charge in [0.05, 0.1) is 12.0 Å². The fraction of sp³-hybridized carbons (Fsp3) is 0.600. The number of carbonyl (C=O) groups is 2. The van der Waals surface area contributed by atoms with Crippen molar-refractivity contribution in [2.75, 3.05) is 20.2 Å². The average Bonchev–Trinajstić information content (AvgIpc) is 2.71. The maximum atomic E-state index is 12.8. The van der Waals surface area contributed by atoms with Gasteiger partial charge in [0, 0.05) is 18.7 Å². The van der Waals surface area contributed by atoms with Gasteiger partial charge in [0.1, 0.15) is 6.04 Å². The lowest BCUT2D eigenvalue weighted by Crippen LogP contribution is -2.45. The number of rotatable bonds is 7. The van der Waals surface area contributed by atoms with Crippen LogP contribution >= 0.6 is 0 Å². The van der Waals surface area contributed by atoms with Crippen molar-refractivity contribution in [3.63, 3.8) is 0 Å². The Balaban J connectivity index is 2.12. The molecule has 1 fully saturated rings. The zero-order valence-electron chi connectivity index (χ0n) is 17.0. The molecule has 0 aromatic heterocycles. The van der Waals surface area contributed by atoms with Crippen LogP contribution in [0.2, 0.25) is 0 Å². The monoisotopic (exact) mass is 410 g/mol.